The Morgan fingerprint density at radius 3 is 3.15 bits per heavy atom. The molecule has 1 aliphatic heterocycles. The quantitative estimate of drug-likeness (QED) is 0.706. The summed E-state index contributed by atoms with van der Waals surface area (Å²) in [4.78, 5) is 2.26. The molecule has 1 saturated heterocycles. The van der Waals surface area contributed by atoms with Crippen molar-refractivity contribution in [1.29, 1.82) is 0 Å². The molecule has 0 amide bonds. The van der Waals surface area contributed by atoms with Gasteiger partial charge in [-0.3, -0.25) is 0 Å². The van der Waals surface area contributed by atoms with Gasteiger partial charge in [0.15, 0.2) is 5.82 Å². The van der Waals surface area contributed by atoms with Crippen LogP contribution in [-0.4, -0.2) is 36.4 Å². The van der Waals surface area contributed by atoms with Crippen LogP contribution in [0.5, 0.6) is 0 Å². The molecule has 1 N–H and O–H groups in total. The van der Waals surface area contributed by atoms with Gasteiger partial charge in [0.25, 0.3) is 0 Å². The maximum absolute atomic E-state index is 4.08. The Kier molecular flexibility index (Phi) is 2.40. The van der Waals surface area contributed by atoms with Gasteiger partial charge in [0, 0.05) is 25.3 Å². The number of hydrogen-bond acceptors (Lipinski definition) is 4. The Balaban J connectivity index is 2.04. The molecule has 2 heterocycles. The second-order valence-corrected chi connectivity index (χ2v) is 3.30. The number of likely N-dealkylation sites (N-methyl/N-ethyl adjacent to an activating group) is 1. The van der Waals surface area contributed by atoms with Crippen LogP contribution in [0.1, 0.15) is 6.42 Å². The smallest absolute Gasteiger partial charge is 0.151 e. The summed E-state index contributed by atoms with van der Waals surface area (Å²) >= 11 is 0. The first-order valence-electron chi connectivity index (χ1n) is 4.60. The zero-order valence-corrected chi connectivity index (χ0v) is 7.77. The number of rotatable bonds is 2. The van der Waals surface area contributed by atoms with Crippen LogP contribution in [0.2, 0.25) is 0 Å². The molecule has 4 heteroatoms. The van der Waals surface area contributed by atoms with Gasteiger partial charge in [0.1, 0.15) is 0 Å². The fraction of sp³-hybridized carbons (Fsp3) is 0.556. The molecule has 4 nitrogen and oxygen atoms in total. The van der Waals surface area contributed by atoms with Gasteiger partial charge < -0.3 is 10.2 Å². The van der Waals surface area contributed by atoms with Crippen LogP contribution in [0.25, 0.3) is 0 Å². The molecule has 13 heavy (non-hydrogen) atoms. The van der Waals surface area contributed by atoms with E-state index in [1.807, 2.05) is 19.2 Å². The maximum atomic E-state index is 4.08. The maximum Gasteiger partial charge on any atom is 0.151 e. The van der Waals surface area contributed by atoms with Gasteiger partial charge in [0.05, 0.1) is 0 Å². The lowest BCUT2D eigenvalue weighted by atomic mass is 10.3. The van der Waals surface area contributed by atoms with Crippen LogP contribution < -0.4 is 10.2 Å². The molecule has 0 bridgehead atoms. The average molecular weight is 178 g/mol. The average Bonchev–Trinajstić information content (AvgIpc) is 2.67. The van der Waals surface area contributed by atoms with E-state index in [0.29, 0.717) is 6.04 Å². The number of nitrogens with one attached hydrogen (secondary N) is 1. The monoisotopic (exact) mass is 178 g/mol. The van der Waals surface area contributed by atoms with Gasteiger partial charge in [-0.2, -0.15) is 5.10 Å². The Hall–Kier alpha value is -1.16. The lowest BCUT2D eigenvalue weighted by molar-refractivity contribution is 0.616. The van der Waals surface area contributed by atoms with E-state index in [1.54, 1.807) is 6.20 Å². The van der Waals surface area contributed by atoms with Crippen molar-refractivity contribution in [1.82, 2.24) is 15.5 Å². The Morgan fingerprint density at radius 1 is 1.62 bits per heavy atom. The number of hydrogen-bond donors (Lipinski definition) is 1. The zero-order chi connectivity index (χ0) is 9.10. The van der Waals surface area contributed by atoms with E-state index in [-0.39, 0.29) is 0 Å². The molecule has 0 saturated carbocycles. The van der Waals surface area contributed by atoms with E-state index >= 15 is 0 Å². The van der Waals surface area contributed by atoms with Crippen molar-refractivity contribution >= 4 is 5.82 Å². The molecule has 1 atom stereocenters. The largest absolute Gasteiger partial charge is 0.354 e. The van der Waals surface area contributed by atoms with Gasteiger partial charge in [-0.05, 0) is 25.6 Å². The third kappa shape index (κ3) is 1.78. The number of anilines is 1. The van der Waals surface area contributed by atoms with Crippen molar-refractivity contribution in [3.8, 4) is 0 Å². The van der Waals surface area contributed by atoms with Crippen LogP contribution in [0.3, 0.4) is 0 Å². The summed E-state index contributed by atoms with van der Waals surface area (Å²) in [7, 11) is 2.00. The molecule has 70 valence electrons. The van der Waals surface area contributed by atoms with Crippen LogP contribution in [0, 0.1) is 0 Å². The van der Waals surface area contributed by atoms with E-state index < -0.39 is 0 Å². The Morgan fingerprint density at radius 2 is 2.54 bits per heavy atom. The predicted octanol–water partition coefficient (Wildman–Crippen LogP) is 0.275. The van der Waals surface area contributed by atoms with E-state index in [2.05, 4.69) is 20.4 Å². The minimum absolute atomic E-state index is 0.599. The summed E-state index contributed by atoms with van der Waals surface area (Å²) in [5, 5.41) is 11.2. The minimum Gasteiger partial charge on any atom is -0.354 e. The molecular weight excluding hydrogens is 164 g/mol. The zero-order valence-electron chi connectivity index (χ0n) is 7.77. The Labute approximate surface area is 78.0 Å². The molecule has 1 aromatic rings. The molecular formula is C9H14N4. The molecule has 1 fully saturated rings. The van der Waals surface area contributed by atoms with Crippen molar-refractivity contribution < 1.29 is 0 Å². The van der Waals surface area contributed by atoms with Crippen molar-refractivity contribution in [2.45, 2.75) is 12.5 Å². The van der Waals surface area contributed by atoms with Crippen molar-refractivity contribution in [2.75, 3.05) is 25.0 Å². The highest BCUT2D eigenvalue weighted by Gasteiger charge is 2.21. The molecule has 1 aliphatic rings. The van der Waals surface area contributed by atoms with Crippen LogP contribution in [-0.2, 0) is 0 Å². The van der Waals surface area contributed by atoms with Gasteiger partial charge >= 0.3 is 0 Å². The molecule has 2 rings (SSSR count). The third-order valence-electron chi connectivity index (χ3n) is 2.48. The van der Waals surface area contributed by atoms with Crippen LogP contribution >= 0.6 is 0 Å². The highest BCUT2D eigenvalue weighted by molar-refractivity contribution is 5.38. The molecule has 0 radical (unpaired) electrons. The van der Waals surface area contributed by atoms with E-state index in [4.69, 9.17) is 0 Å². The van der Waals surface area contributed by atoms with E-state index in [0.717, 1.165) is 18.9 Å². The highest BCUT2D eigenvalue weighted by Crippen LogP contribution is 2.15. The second kappa shape index (κ2) is 3.70. The third-order valence-corrected chi connectivity index (χ3v) is 2.48. The summed E-state index contributed by atoms with van der Waals surface area (Å²) in [6.07, 6.45) is 2.89. The second-order valence-electron chi connectivity index (χ2n) is 3.30. The van der Waals surface area contributed by atoms with Gasteiger partial charge in [-0.25, -0.2) is 0 Å². The van der Waals surface area contributed by atoms with Crippen LogP contribution in [0.15, 0.2) is 18.3 Å². The molecule has 0 spiro atoms. The summed E-state index contributed by atoms with van der Waals surface area (Å²) in [6, 6.07) is 4.53. The first kappa shape index (κ1) is 8.44. The summed E-state index contributed by atoms with van der Waals surface area (Å²) in [5.41, 5.74) is 0. The van der Waals surface area contributed by atoms with E-state index in [9.17, 15) is 0 Å². The van der Waals surface area contributed by atoms with Gasteiger partial charge in [0.2, 0.25) is 0 Å². The van der Waals surface area contributed by atoms with Gasteiger partial charge in [-0.15, -0.1) is 5.10 Å². The van der Waals surface area contributed by atoms with Crippen LogP contribution in [0.4, 0.5) is 5.82 Å². The lowest BCUT2D eigenvalue weighted by Crippen LogP contribution is -2.29. The highest BCUT2D eigenvalue weighted by atomic mass is 15.3. The fourth-order valence-corrected chi connectivity index (χ4v) is 1.67. The lowest BCUT2D eigenvalue weighted by Gasteiger charge is -2.15. The predicted molar refractivity (Wildman–Crippen MR) is 51.7 cm³/mol. The topological polar surface area (TPSA) is 41.0 Å². The SMILES string of the molecule is CNC1CCN(c2cccnn2)C1. The minimum atomic E-state index is 0.599. The number of aromatic nitrogens is 2. The van der Waals surface area contributed by atoms with Gasteiger partial charge in [-0.1, -0.05) is 0 Å². The standard InChI is InChI=1S/C9H14N4/c1-10-8-4-6-13(7-8)9-3-2-5-11-12-9/h2-3,5,8,10H,4,6-7H2,1H3. The molecule has 0 aromatic carbocycles. The summed E-state index contributed by atoms with van der Waals surface area (Å²) in [5.74, 6) is 0.986. The Bertz CT molecular complexity index is 262. The van der Waals surface area contributed by atoms with Crippen molar-refractivity contribution in [2.24, 2.45) is 0 Å². The first-order valence-corrected chi connectivity index (χ1v) is 4.60. The number of nitrogens with zero attached hydrogens (tertiary/aromatic N) is 3. The summed E-state index contributed by atoms with van der Waals surface area (Å²) in [6.45, 7) is 2.11. The van der Waals surface area contributed by atoms with Crippen molar-refractivity contribution in [3.63, 3.8) is 0 Å². The van der Waals surface area contributed by atoms with E-state index in [1.165, 1.54) is 6.42 Å². The van der Waals surface area contributed by atoms with Crippen molar-refractivity contribution in [3.05, 3.63) is 18.3 Å². The first-order chi connectivity index (χ1) is 6.40. The summed E-state index contributed by atoms with van der Waals surface area (Å²) < 4.78 is 0. The fourth-order valence-electron chi connectivity index (χ4n) is 1.67. The molecule has 1 aromatic heterocycles. The molecule has 0 aliphatic carbocycles. The normalized spacial score (nSPS) is 22.2. The molecule has 1 unspecified atom stereocenters.